The van der Waals surface area contributed by atoms with E-state index in [9.17, 15) is 13.2 Å². The third-order valence-electron chi connectivity index (χ3n) is 1.36. The summed E-state index contributed by atoms with van der Waals surface area (Å²) in [5, 5.41) is 0.704. The molecule has 1 rings (SSSR count). The Labute approximate surface area is 108 Å². The molecule has 0 unspecified atom stereocenters. The fraction of sp³-hybridized carbons (Fsp3) is 0.300. The second kappa shape index (κ2) is 7.04. The summed E-state index contributed by atoms with van der Waals surface area (Å²) in [7, 11) is 1.54. The van der Waals surface area contributed by atoms with Gasteiger partial charge in [0.25, 0.3) is 9.05 Å². The van der Waals surface area contributed by atoms with Crippen LogP contribution in [0.2, 0.25) is 0 Å². The van der Waals surface area contributed by atoms with E-state index in [1.807, 2.05) is 0 Å². The lowest BCUT2D eigenvalue weighted by molar-refractivity contribution is -0.114. The highest BCUT2D eigenvalue weighted by Gasteiger charge is 2.08. The number of carbonyl (C=O) groups is 1. The molecule has 0 N–H and O–H groups in total. The van der Waals surface area contributed by atoms with E-state index in [0.29, 0.717) is 5.33 Å². The average molecular weight is 328 g/mol. The van der Waals surface area contributed by atoms with E-state index >= 15 is 0 Å². The predicted molar refractivity (Wildman–Crippen MR) is 68.5 cm³/mol. The Hall–Kier alpha value is -0.390. The van der Waals surface area contributed by atoms with E-state index in [2.05, 4.69) is 15.9 Å². The molecule has 0 aliphatic heterocycles. The summed E-state index contributed by atoms with van der Waals surface area (Å²) in [6, 6.07) is 6.39. The van der Waals surface area contributed by atoms with Crippen molar-refractivity contribution in [1.82, 2.24) is 0 Å². The molecule has 3 nitrogen and oxygen atoms in total. The number of hydrogen-bond donors (Lipinski definition) is 0. The van der Waals surface area contributed by atoms with Gasteiger partial charge in [-0.2, -0.15) is 0 Å². The molecule has 0 radical (unpaired) electrons. The summed E-state index contributed by atoms with van der Waals surface area (Å²) < 4.78 is 21.6. The number of Topliss-reactive ketones (excluding diaryl/α,β-unsaturated/α-hetero) is 1. The molecule has 6 heteroatoms. The average Bonchev–Trinajstić information content (AvgIpc) is 2.16. The van der Waals surface area contributed by atoms with Gasteiger partial charge in [0, 0.05) is 16.0 Å². The fourth-order valence-electron chi connectivity index (χ4n) is 0.741. The van der Waals surface area contributed by atoms with Crippen molar-refractivity contribution in [3.8, 4) is 0 Å². The summed E-state index contributed by atoms with van der Waals surface area (Å²) in [6.07, 6.45) is 0. The van der Waals surface area contributed by atoms with Crippen LogP contribution in [-0.2, 0) is 19.2 Å². The maximum absolute atomic E-state index is 10.8. The first-order valence-corrected chi connectivity index (χ1v) is 7.77. The van der Waals surface area contributed by atoms with Crippen molar-refractivity contribution in [2.75, 3.05) is 0 Å². The van der Waals surface area contributed by atoms with Crippen LogP contribution in [0.25, 0.3) is 0 Å². The Morgan fingerprint density at radius 1 is 1.25 bits per heavy atom. The van der Waals surface area contributed by atoms with E-state index in [4.69, 9.17) is 10.7 Å². The van der Waals surface area contributed by atoms with Gasteiger partial charge in [-0.05, 0) is 31.5 Å². The number of benzene rings is 1. The van der Waals surface area contributed by atoms with Crippen molar-refractivity contribution < 1.29 is 13.2 Å². The topological polar surface area (TPSA) is 51.2 Å². The van der Waals surface area contributed by atoms with Gasteiger partial charge in [0.05, 0.1) is 4.90 Å². The van der Waals surface area contributed by atoms with Gasteiger partial charge in [-0.15, -0.1) is 0 Å². The molecular weight excluding hydrogens is 316 g/mol. The number of hydrogen-bond acceptors (Lipinski definition) is 3. The molecule has 1 aromatic carbocycles. The van der Waals surface area contributed by atoms with Gasteiger partial charge in [0.1, 0.15) is 5.78 Å². The smallest absolute Gasteiger partial charge is 0.261 e. The van der Waals surface area contributed by atoms with Crippen LogP contribution in [0.5, 0.6) is 0 Å². The van der Waals surface area contributed by atoms with Gasteiger partial charge in [0.2, 0.25) is 0 Å². The molecular formula is C10H12BrClO3S. The third kappa shape index (κ3) is 6.98. The molecule has 0 aromatic heterocycles. The van der Waals surface area contributed by atoms with Crippen molar-refractivity contribution in [3.05, 3.63) is 29.8 Å². The summed E-state index contributed by atoms with van der Waals surface area (Å²) in [5.74, 6) is 0.167. The minimum Gasteiger partial charge on any atom is -0.300 e. The molecule has 0 spiro atoms. The Bertz CT molecular complexity index is 436. The number of rotatable bonds is 2. The van der Waals surface area contributed by atoms with E-state index in [-0.39, 0.29) is 10.7 Å². The van der Waals surface area contributed by atoms with Crippen molar-refractivity contribution in [1.29, 1.82) is 0 Å². The number of carbonyl (C=O) groups excluding carboxylic acids is 1. The first-order chi connectivity index (χ1) is 7.27. The summed E-state index contributed by atoms with van der Waals surface area (Å²) in [4.78, 5) is 9.58. The SMILES string of the molecule is CC(C)=O.O=S(=O)(Cl)c1ccc(CBr)cc1. The molecule has 0 fully saturated rings. The Kier molecular flexibility index (Phi) is 6.87. The molecule has 0 amide bonds. The molecule has 0 bridgehead atoms. The van der Waals surface area contributed by atoms with Crippen LogP contribution >= 0.6 is 26.6 Å². The van der Waals surface area contributed by atoms with Crippen LogP contribution in [0.3, 0.4) is 0 Å². The first-order valence-electron chi connectivity index (χ1n) is 4.34. The maximum atomic E-state index is 10.8. The van der Waals surface area contributed by atoms with E-state index in [1.54, 1.807) is 12.1 Å². The summed E-state index contributed by atoms with van der Waals surface area (Å²) >= 11 is 3.25. The molecule has 0 saturated carbocycles. The zero-order valence-corrected chi connectivity index (χ0v) is 12.1. The molecule has 0 saturated heterocycles. The highest BCUT2D eigenvalue weighted by molar-refractivity contribution is 9.08. The van der Waals surface area contributed by atoms with Gasteiger partial charge in [-0.25, -0.2) is 8.42 Å². The predicted octanol–water partition coefficient (Wildman–Crippen LogP) is 3.10. The van der Waals surface area contributed by atoms with Gasteiger partial charge >= 0.3 is 0 Å². The second-order valence-corrected chi connectivity index (χ2v) is 6.25. The van der Waals surface area contributed by atoms with Crippen molar-refractivity contribution in [2.45, 2.75) is 24.1 Å². The highest BCUT2D eigenvalue weighted by Crippen LogP contribution is 2.16. The van der Waals surface area contributed by atoms with E-state index < -0.39 is 9.05 Å². The number of ketones is 1. The normalized spacial score (nSPS) is 10.2. The van der Waals surface area contributed by atoms with Crippen LogP contribution in [0.1, 0.15) is 19.4 Å². The van der Waals surface area contributed by atoms with Gasteiger partial charge in [-0.3, -0.25) is 0 Å². The lowest BCUT2D eigenvalue weighted by Crippen LogP contribution is -1.89. The second-order valence-electron chi connectivity index (χ2n) is 3.12. The first kappa shape index (κ1) is 15.6. The quantitative estimate of drug-likeness (QED) is 0.619. The standard InChI is InChI=1S/C7H6BrClO2S.C3H6O/c8-5-6-1-3-7(4-2-6)12(9,10)11;1-3(2)4/h1-4H,5H2;1-2H3. The number of halogens is 2. The maximum Gasteiger partial charge on any atom is 0.261 e. The van der Waals surface area contributed by atoms with Crippen LogP contribution in [0, 0.1) is 0 Å². The van der Waals surface area contributed by atoms with Crippen LogP contribution < -0.4 is 0 Å². The lowest BCUT2D eigenvalue weighted by atomic mass is 10.2. The van der Waals surface area contributed by atoms with Gasteiger partial charge < -0.3 is 4.79 Å². The largest absolute Gasteiger partial charge is 0.300 e. The summed E-state index contributed by atoms with van der Waals surface area (Å²) in [6.45, 7) is 3.06. The zero-order chi connectivity index (χ0) is 12.8. The van der Waals surface area contributed by atoms with Crippen molar-refractivity contribution in [3.63, 3.8) is 0 Å². The zero-order valence-electron chi connectivity index (χ0n) is 8.91. The van der Waals surface area contributed by atoms with Crippen molar-refractivity contribution >= 4 is 41.4 Å². The van der Waals surface area contributed by atoms with Crippen molar-refractivity contribution in [2.24, 2.45) is 0 Å². The Balaban J connectivity index is 0.000000487. The molecule has 0 atom stereocenters. The molecule has 90 valence electrons. The highest BCUT2D eigenvalue weighted by atomic mass is 79.9. The van der Waals surface area contributed by atoms with Crippen LogP contribution in [0.4, 0.5) is 0 Å². The molecule has 0 aliphatic carbocycles. The Morgan fingerprint density at radius 2 is 1.62 bits per heavy atom. The monoisotopic (exact) mass is 326 g/mol. The van der Waals surface area contributed by atoms with E-state index in [0.717, 1.165) is 5.56 Å². The fourth-order valence-corrected chi connectivity index (χ4v) is 1.88. The molecule has 1 aromatic rings. The van der Waals surface area contributed by atoms with E-state index in [1.165, 1.54) is 26.0 Å². The number of alkyl halides is 1. The van der Waals surface area contributed by atoms with Gasteiger partial charge in [-0.1, -0.05) is 28.1 Å². The third-order valence-corrected chi connectivity index (χ3v) is 3.38. The molecule has 0 heterocycles. The van der Waals surface area contributed by atoms with Crippen LogP contribution in [-0.4, -0.2) is 14.2 Å². The summed E-state index contributed by atoms with van der Waals surface area (Å²) in [5.41, 5.74) is 1.01. The van der Waals surface area contributed by atoms with Crippen LogP contribution in [0.15, 0.2) is 29.2 Å². The Morgan fingerprint density at radius 3 is 1.88 bits per heavy atom. The molecule has 16 heavy (non-hydrogen) atoms. The minimum absolute atomic E-state index is 0.133. The van der Waals surface area contributed by atoms with Gasteiger partial charge in [0.15, 0.2) is 0 Å². The minimum atomic E-state index is -3.57. The molecule has 0 aliphatic rings. The lowest BCUT2D eigenvalue weighted by Gasteiger charge is -1.96.